The minimum absolute atomic E-state index is 0.115. The average Bonchev–Trinajstić information content (AvgIpc) is 2.56. The number of likely N-dealkylation sites (N-methyl/N-ethyl adjacent to an activating group) is 2. The van der Waals surface area contributed by atoms with Crippen molar-refractivity contribution >= 4 is 17.2 Å². The molecule has 1 amide bonds. The monoisotopic (exact) mass is 255 g/mol. The third kappa shape index (κ3) is 3.51. The zero-order valence-corrected chi connectivity index (χ0v) is 12.3. The minimum atomic E-state index is 0.115. The fourth-order valence-corrected chi connectivity index (χ4v) is 2.54. The maximum Gasteiger partial charge on any atom is 0.236 e. The molecule has 0 saturated heterocycles. The number of nitrogens with zero attached hydrogens (tertiary/aromatic N) is 3. The summed E-state index contributed by atoms with van der Waals surface area (Å²) in [7, 11) is 5.51. The zero-order chi connectivity index (χ0) is 13.2. The standard InChI is InChI=1S/C12H21N3OS/c1-8(12-9(2)17-10(3)13-12)15(6)7-11(16)14(4)5/h8H,7H2,1-6H3. The molecule has 0 N–H and O–H groups in total. The summed E-state index contributed by atoms with van der Waals surface area (Å²) in [4.78, 5) is 21.1. The van der Waals surface area contributed by atoms with Crippen LogP contribution in [0, 0.1) is 13.8 Å². The smallest absolute Gasteiger partial charge is 0.236 e. The average molecular weight is 255 g/mol. The molecule has 1 aromatic rings. The summed E-state index contributed by atoms with van der Waals surface area (Å²) in [5.41, 5.74) is 1.08. The Labute approximate surface area is 107 Å². The van der Waals surface area contributed by atoms with E-state index < -0.39 is 0 Å². The van der Waals surface area contributed by atoms with E-state index >= 15 is 0 Å². The van der Waals surface area contributed by atoms with Crippen LogP contribution < -0.4 is 0 Å². The van der Waals surface area contributed by atoms with Crippen molar-refractivity contribution in [3.63, 3.8) is 0 Å². The Bertz CT molecular complexity index is 400. The molecule has 1 aromatic heterocycles. The summed E-state index contributed by atoms with van der Waals surface area (Å²) in [6.45, 7) is 6.60. The normalized spacial score (nSPS) is 12.9. The molecule has 0 bridgehead atoms. The Morgan fingerprint density at radius 2 is 1.94 bits per heavy atom. The summed E-state index contributed by atoms with van der Waals surface area (Å²) in [6.07, 6.45) is 0. The SMILES string of the molecule is Cc1nc(C(C)N(C)CC(=O)N(C)C)c(C)s1. The Morgan fingerprint density at radius 1 is 1.35 bits per heavy atom. The van der Waals surface area contributed by atoms with Gasteiger partial charge in [-0.1, -0.05) is 0 Å². The maximum atomic E-state index is 11.6. The van der Waals surface area contributed by atoms with Crippen molar-refractivity contribution in [2.75, 3.05) is 27.7 Å². The second-order valence-corrected chi connectivity index (χ2v) is 5.96. The molecule has 1 unspecified atom stereocenters. The summed E-state index contributed by atoms with van der Waals surface area (Å²) in [6, 6.07) is 0.170. The lowest BCUT2D eigenvalue weighted by atomic mass is 10.2. The van der Waals surface area contributed by atoms with E-state index in [-0.39, 0.29) is 11.9 Å². The lowest BCUT2D eigenvalue weighted by Crippen LogP contribution is -2.35. The number of aryl methyl sites for hydroxylation is 2. The van der Waals surface area contributed by atoms with Crippen molar-refractivity contribution in [1.29, 1.82) is 0 Å². The first kappa shape index (κ1) is 14.1. The van der Waals surface area contributed by atoms with Gasteiger partial charge in [0, 0.05) is 19.0 Å². The fourth-order valence-electron chi connectivity index (χ4n) is 1.63. The van der Waals surface area contributed by atoms with Crippen LogP contribution in [-0.4, -0.2) is 48.4 Å². The maximum absolute atomic E-state index is 11.6. The highest BCUT2D eigenvalue weighted by atomic mass is 32.1. The molecule has 0 radical (unpaired) electrons. The van der Waals surface area contributed by atoms with Gasteiger partial charge in [0.25, 0.3) is 0 Å². The van der Waals surface area contributed by atoms with E-state index in [0.29, 0.717) is 6.54 Å². The number of rotatable bonds is 4. The van der Waals surface area contributed by atoms with Crippen molar-refractivity contribution < 1.29 is 4.79 Å². The van der Waals surface area contributed by atoms with Gasteiger partial charge in [0.05, 0.1) is 23.3 Å². The summed E-state index contributed by atoms with van der Waals surface area (Å²) in [5.74, 6) is 0.115. The molecular formula is C12H21N3OS. The Morgan fingerprint density at radius 3 is 2.35 bits per heavy atom. The fraction of sp³-hybridized carbons (Fsp3) is 0.667. The highest BCUT2D eigenvalue weighted by molar-refractivity contribution is 7.11. The Balaban J connectivity index is 2.73. The van der Waals surface area contributed by atoms with Crippen LogP contribution in [0.3, 0.4) is 0 Å². The second kappa shape index (κ2) is 5.60. The summed E-state index contributed by atoms with van der Waals surface area (Å²) in [5, 5.41) is 1.08. The molecular weight excluding hydrogens is 234 g/mol. The van der Waals surface area contributed by atoms with Gasteiger partial charge in [-0.25, -0.2) is 4.98 Å². The molecule has 1 rings (SSSR count). The molecule has 0 aromatic carbocycles. The number of hydrogen-bond donors (Lipinski definition) is 0. The first-order chi connectivity index (χ1) is 7.82. The molecule has 5 heteroatoms. The Kier molecular flexibility index (Phi) is 4.65. The molecule has 0 aliphatic carbocycles. The van der Waals surface area contributed by atoms with Crippen molar-refractivity contribution in [2.24, 2.45) is 0 Å². The third-order valence-electron chi connectivity index (χ3n) is 2.88. The van der Waals surface area contributed by atoms with Crippen molar-refractivity contribution in [3.05, 3.63) is 15.6 Å². The van der Waals surface area contributed by atoms with Crippen LogP contribution in [0.1, 0.15) is 28.5 Å². The predicted molar refractivity (Wildman–Crippen MR) is 71.3 cm³/mol. The van der Waals surface area contributed by atoms with Gasteiger partial charge in [0.2, 0.25) is 5.91 Å². The number of aromatic nitrogens is 1. The number of thiazole rings is 1. The predicted octanol–water partition coefficient (Wildman–Crippen LogP) is 1.84. The van der Waals surface area contributed by atoms with Gasteiger partial charge in [-0.15, -0.1) is 11.3 Å². The van der Waals surface area contributed by atoms with Crippen molar-refractivity contribution in [1.82, 2.24) is 14.8 Å². The van der Waals surface area contributed by atoms with Crippen LogP contribution in [0.15, 0.2) is 0 Å². The molecule has 0 spiro atoms. The van der Waals surface area contributed by atoms with Crippen LogP contribution in [0.25, 0.3) is 0 Å². The molecule has 0 aliphatic heterocycles. The van der Waals surface area contributed by atoms with E-state index in [9.17, 15) is 4.79 Å². The topological polar surface area (TPSA) is 36.4 Å². The number of carbonyl (C=O) groups excluding carboxylic acids is 1. The molecule has 1 heterocycles. The van der Waals surface area contributed by atoms with Gasteiger partial charge in [-0.2, -0.15) is 0 Å². The highest BCUT2D eigenvalue weighted by Crippen LogP contribution is 2.25. The molecule has 0 fully saturated rings. The molecule has 96 valence electrons. The highest BCUT2D eigenvalue weighted by Gasteiger charge is 2.19. The van der Waals surface area contributed by atoms with Crippen LogP contribution in [-0.2, 0) is 4.79 Å². The third-order valence-corrected chi connectivity index (χ3v) is 3.78. The van der Waals surface area contributed by atoms with Crippen molar-refractivity contribution in [2.45, 2.75) is 26.8 Å². The molecule has 1 atom stereocenters. The van der Waals surface area contributed by atoms with Crippen LogP contribution in [0.2, 0.25) is 0 Å². The van der Waals surface area contributed by atoms with Crippen LogP contribution >= 0.6 is 11.3 Å². The van der Waals surface area contributed by atoms with Crippen molar-refractivity contribution in [3.8, 4) is 0 Å². The number of amides is 1. The van der Waals surface area contributed by atoms with Crippen LogP contribution in [0.4, 0.5) is 0 Å². The first-order valence-corrected chi connectivity index (χ1v) is 6.49. The second-order valence-electron chi connectivity index (χ2n) is 4.55. The van der Waals surface area contributed by atoms with E-state index in [1.807, 2.05) is 18.9 Å². The van der Waals surface area contributed by atoms with Gasteiger partial charge in [-0.3, -0.25) is 9.69 Å². The van der Waals surface area contributed by atoms with E-state index in [0.717, 1.165) is 10.7 Å². The van der Waals surface area contributed by atoms with Gasteiger partial charge < -0.3 is 4.90 Å². The van der Waals surface area contributed by atoms with E-state index in [1.165, 1.54) is 4.88 Å². The lowest BCUT2D eigenvalue weighted by molar-refractivity contribution is -0.130. The summed E-state index contributed by atoms with van der Waals surface area (Å²) >= 11 is 1.71. The summed E-state index contributed by atoms with van der Waals surface area (Å²) < 4.78 is 0. The zero-order valence-electron chi connectivity index (χ0n) is 11.4. The Hall–Kier alpha value is -0.940. The van der Waals surface area contributed by atoms with E-state index in [4.69, 9.17) is 0 Å². The van der Waals surface area contributed by atoms with E-state index in [2.05, 4.69) is 18.8 Å². The van der Waals surface area contributed by atoms with Gasteiger partial charge in [0.1, 0.15) is 0 Å². The quantitative estimate of drug-likeness (QED) is 0.823. The molecule has 0 aliphatic rings. The largest absolute Gasteiger partial charge is 0.348 e. The lowest BCUT2D eigenvalue weighted by Gasteiger charge is -2.24. The number of hydrogen-bond acceptors (Lipinski definition) is 4. The molecule has 4 nitrogen and oxygen atoms in total. The number of carbonyl (C=O) groups is 1. The first-order valence-electron chi connectivity index (χ1n) is 5.67. The molecule has 0 saturated carbocycles. The minimum Gasteiger partial charge on any atom is -0.348 e. The van der Waals surface area contributed by atoms with E-state index in [1.54, 1.807) is 30.3 Å². The van der Waals surface area contributed by atoms with Gasteiger partial charge >= 0.3 is 0 Å². The van der Waals surface area contributed by atoms with Gasteiger partial charge in [-0.05, 0) is 27.8 Å². The molecule has 17 heavy (non-hydrogen) atoms. The van der Waals surface area contributed by atoms with Crippen LogP contribution in [0.5, 0.6) is 0 Å². The van der Waals surface area contributed by atoms with Gasteiger partial charge in [0.15, 0.2) is 0 Å².